The molecule has 0 spiro atoms. The van der Waals surface area contributed by atoms with Gasteiger partial charge in [-0.3, -0.25) is 10.0 Å². The first-order valence-electron chi connectivity index (χ1n) is 7.48. The van der Waals surface area contributed by atoms with Gasteiger partial charge in [-0.05, 0) is 24.1 Å². The summed E-state index contributed by atoms with van der Waals surface area (Å²) >= 11 is 0. The van der Waals surface area contributed by atoms with Crippen LogP contribution in [0.25, 0.3) is 17.2 Å². The zero-order valence-corrected chi connectivity index (χ0v) is 13.2. The van der Waals surface area contributed by atoms with Crippen molar-refractivity contribution < 1.29 is 14.4 Å². The first-order valence-corrected chi connectivity index (χ1v) is 7.48. The molecule has 0 fully saturated rings. The predicted octanol–water partition coefficient (Wildman–Crippen LogP) is 2.18. The van der Waals surface area contributed by atoms with Crippen LogP contribution in [0.15, 0.2) is 41.0 Å². The Morgan fingerprint density at radius 2 is 2.17 bits per heavy atom. The number of carbonyl (C=O) groups excluding carboxylic acids is 1. The van der Waals surface area contributed by atoms with Crippen molar-refractivity contribution in [1.82, 2.24) is 25.5 Å². The fourth-order valence-corrected chi connectivity index (χ4v) is 2.42. The number of nitrogens with one attached hydrogen (secondary N) is 1. The fraction of sp³-hybridized carbons (Fsp3) is 0.250. The highest BCUT2D eigenvalue weighted by atomic mass is 16.5. The average Bonchev–Trinajstić information content (AvgIpc) is 3.19. The molecular formula is C16H17N5O3. The third-order valence-corrected chi connectivity index (χ3v) is 3.52. The quantitative estimate of drug-likeness (QED) is 0.423. The summed E-state index contributed by atoms with van der Waals surface area (Å²) in [6.07, 6.45) is 4.32. The number of hydrogen-bond donors (Lipinski definition) is 2. The maximum Gasteiger partial charge on any atom is 0.267 e. The molecule has 3 rings (SSSR count). The van der Waals surface area contributed by atoms with Crippen molar-refractivity contribution in [3.8, 4) is 0 Å². The second-order valence-electron chi connectivity index (χ2n) is 5.64. The van der Waals surface area contributed by atoms with Gasteiger partial charge in [0.25, 0.3) is 5.91 Å². The Hall–Kier alpha value is -3.00. The molecule has 8 nitrogen and oxygen atoms in total. The van der Waals surface area contributed by atoms with Gasteiger partial charge in [0, 0.05) is 6.08 Å². The molecule has 0 bridgehead atoms. The van der Waals surface area contributed by atoms with E-state index < -0.39 is 5.91 Å². The van der Waals surface area contributed by atoms with Crippen LogP contribution < -0.4 is 5.48 Å². The molecule has 2 N–H and O–H groups in total. The molecule has 2 heterocycles. The van der Waals surface area contributed by atoms with Crippen LogP contribution in [-0.2, 0) is 4.79 Å². The van der Waals surface area contributed by atoms with Crippen LogP contribution in [0, 0.1) is 5.92 Å². The Morgan fingerprint density at radius 1 is 1.38 bits per heavy atom. The van der Waals surface area contributed by atoms with Gasteiger partial charge in [0.15, 0.2) is 5.58 Å². The smallest absolute Gasteiger partial charge is 0.267 e. The Labute approximate surface area is 137 Å². The Kier molecular flexibility index (Phi) is 4.39. The van der Waals surface area contributed by atoms with Gasteiger partial charge in [0.1, 0.15) is 17.3 Å². The summed E-state index contributed by atoms with van der Waals surface area (Å²) in [4.78, 5) is 15.6. The molecule has 1 aromatic carbocycles. The number of fused-ring (bicyclic) bond motifs is 1. The Balaban J connectivity index is 1.93. The molecule has 3 aromatic rings. The summed E-state index contributed by atoms with van der Waals surface area (Å²) in [6.45, 7) is 4.08. The van der Waals surface area contributed by atoms with Crippen LogP contribution in [0.2, 0.25) is 0 Å². The first-order chi connectivity index (χ1) is 11.6. The highest BCUT2D eigenvalue weighted by Gasteiger charge is 2.25. The lowest BCUT2D eigenvalue weighted by Gasteiger charge is -2.16. The summed E-state index contributed by atoms with van der Waals surface area (Å²) in [7, 11) is 0. The van der Waals surface area contributed by atoms with E-state index in [4.69, 9.17) is 9.62 Å². The van der Waals surface area contributed by atoms with Crippen molar-refractivity contribution in [3.05, 3.63) is 48.1 Å². The van der Waals surface area contributed by atoms with Crippen LogP contribution >= 0.6 is 0 Å². The van der Waals surface area contributed by atoms with Gasteiger partial charge in [-0.25, -0.2) is 15.1 Å². The summed E-state index contributed by atoms with van der Waals surface area (Å²) in [6, 6.07) is 7.34. The van der Waals surface area contributed by atoms with E-state index in [9.17, 15) is 4.79 Å². The van der Waals surface area contributed by atoms with Crippen LogP contribution in [-0.4, -0.2) is 31.1 Å². The molecule has 24 heavy (non-hydrogen) atoms. The molecule has 124 valence electrons. The topological polar surface area (TPSA) is 106 Å². The van der Waals surface area contributed by atoms with Gasteiger partial charge < -0.3 is 4.42 Å². The molecule has 0 unspecified atom stereocenters. The third kappa shape index (κ3) is 3.18. The second-order valence-corrected chi connectivity index (χ2v) is 5.64. The molecule has 0 aliphatic carbocycles. The minimum absolute atomic E-state index is 0.164. The van der Waals surface area contributed by atoms with E-state index >= 15 is 0 Å². The van der Waals surface area contributed by atoms with Crippen molar-refractivity contribution in [2.24, 2.45) is 5.92 Å². The molecule has 0 aliphatic heterocycles. The van der Waals surface area contributed by atoms with E-state index in [0.717, 1.165) is 17.2 Å². The fourth-order valence-electron chi connectivity index (χ4n) is 2.42. The number of carbonyl (C=O) groups is 1. The molecule has 0 radical (unpaired) electrons. The van der Waals surface area contributed by atoms with E-state index in [2.05, 4.69) is 15.3 Å². The number of hydroxylamine groups is 1. The molecule has 0 saturated heterocycles. The van der Waals surface area contributed by atoms with E-state index in [1.54, 1.807) is 10.9 Å². The highest BCUT2D eigenvalue weighted by Crippen LogP contribution is 2.28. The van der Waals surface area contributed by atoms with Crippen molar-refractivity contribution in [1.29, 1.82) is 0 Å². The van der Waals surface area contributed by atoms with Crippen molar-refractivity contribution in [2.45, 2.75) is 19.9 Å². The average molecular weight is 327 g/mol. The summed E-state index contributed by atoms with van der Waals surface area (Å²) in [5.74, 6) is 0.0842. The van der Waals surface area contributed by atoms with Gasteiger partial charge in [0.2, 0.25) is 5.89 Å². The number of oxazole rings is 1. The molecule has 8 heteroatoms. The second kappa shape index (κ2) is 6.63. The SMILES string of the molecule is CC(C)[C@@H](c1nc2ccccc2o1)n1cc(/C=C/C(=O)NO)nn1. The molecule has 0 saturated carbocycles. The molecule has 0 aliphatic rings. The lowest BCUT2D eigenvalue weighted by atomic mass is 10.0. The van der Waals surface area contributed by atoms with Gasteiger partial charge in [0.05, 0.1) is 6.20 Å². The Morgan fingerprint density at radius 3 is 2.88 bits per heavy atom. The first kappa shape index (κ1) is 15.9. The maximum atomic E-state index is 11.0. The van der Waals surface area contributed by atoms with Crippen LogP contribution in [0.5, 0.6) is 0 Å². The number of aromatic nitrogens is 4. The number of rotatable bonds is 5. The van der Waals surface area contributed by atoms with Crippen LogP contribution in [0.3, 0.4) is 0 Å². The van der Waals surface area contributed by atoms with Crippen LogP contribution in [0.4, 0.5) is 0 Å². The molecule has 2 aromatic heterocycles. The van der Waals surface area contributed by atoms with Crippen molar-refractivity contribution in [3.63, 3.8) is 0 Å². The normalized spacial score (nSPS) is 13.0. The largest absolute Gasteiger partial charge is 0.438 e. The summed E-state index contributed by atoms with van der Waals surface area (Å²) < 4.78 is 7.51. The minimum Gasteiger partial charge on any atom is -0.438 e. The lowest BCUT2D eigenvalue weighted by molar-refractivity contribution is -0.124. The van der Waals surface area contributed by atoms with E-state index in [1.165, 1.54) is 11.6 Å². The molecule has 1 atom stereocenters. The zero-order valence-electron chi connectivity index (χ0n) is 13.2. The molecule has 1 amide bonds. The van der Waals surface area contributed by atoms with E-state index in [1.807, 2.05) is 38.1 Å². The van der Waals surface area contributed by atoms with E-state index in [-0.39, 0.29) is 12.0 Å². The number of amides is 1. The maximum absolute atomic E-state index is 11.0. The third-order valence-electron chi connectivity index (χ3n) is 3.52. The van der Waals surface area contributed by atoms with E-state index in [0.29, 0.717) is 11.6 Å². The lowest BCUT2D eigenvalue weighted by Crippen LogP contribution is -2.17. The van der Waals surface area contributed by atoms with Gasteiger partial charge in [-0.2, -0.15) is 0 Å². The van der Waals surface area contributed by atoms with Crippen molar-refractivity contribution >= 4 is 23.1 Å². The number of benzene rings is 1. The molecular weight excluding hydrogens is 310 g/mol. The van der Waals surface area contributed by atoms with Gasteiger partial charge in [-0.1, -0.05) is 31.2 Å². The summed E-state index contributed by atoms with van der Waals surface area (Å²) in [5.41, 5.74) is 3.51. The number of nitrogens with zero attached hydrogens (tertiary/aromatic N) is 4. The van der Waals surface area contributed by atoms with Crippen molar-refractivity contribution in [2.75, 3.05) is 0 Å². The monoisotopic (exact) mass is 327 g/mol. The standard InChI is InChI=1S/C16H17N5O3/c1-10(2)15(16-17-12-5-3-4-6-13(12)24-16)21-9-11(18-20-21)7-8-14(22)19-23/h3-10,15,23H,1-2H3,(H,19,22)/b8-7+/t15-/m0/s1. The van der Waals surface area contributed by atoms with Gasteiger partial charge in [-0.15, -0.1) is 5.10 Å². The minimum atomic E-state index is -0.635. The van der Waals surface area contributed by atoms with Crippen LogP contribution in [0.1, 0.15) is 31.5 Å². The predicted molar refractivity (Wildman–Crippen MR) is 86.0 cm³/mol. The Bertz CT molecular complexity index is 848. The zero-order chi connectivity index (χ0) is 17.1. The number of hydrogen-bond acceptors (Lipinski definition) is 6. The highest BCUT2D eigenvalue weighted by molar-refractivity contribution is 5.90. The van der Waals surface area contributed by atoms with Gasteiger partial charge >= 0.3 is 0 Å². The summed E-state index contributed by atoms with van der Waals surface area (Å²) in [5, 5.41) is 16.6. The number of para-hydroxylation sites is 2.